The second-order valence-electron chi connectivity index (χ2n) is 4.14. The number of aryl methyl sites for hydroxylation is 1. The lowest BCUT2D eigenvalue weighted by atomic mass is 10.1. The Bertz CT molecular complexity index is 643. The van der Waals surface area contributed by atoms with E-state index < -0.39 is 0 Å². The van der Waals surface area contributed by atoms with Crippen molar-refractivity contribution in [2.75, 3.05) is 5.32 Å². The maximum absolute atomic E-state index is 13.0. The van der Waals surface area contributed by atoms with Crippen LogP contribution in [0.15, 0.2) is 36.4 Å². The van der Waals surface area contributed by atoms with Crippen LogP contribution >= 0.6 is 23.8 Å². The molecule has 0 fully saturated rings. The van der Waals surface area contributed by atoms with Crippen LogP contribution < -0.4 is 11.1 Å². The van der Waals surface area contributed by atoms with Crippen LogP contribution in [0.3, 0.4) is 0 Å². The van der Waals surface area contributed by atoms with E-state index in [4.69, 9.17) is 29.6 Å². The second-order valence-corrected chi connectivity index (χ2v) is 4.99. The molecule has 5 heteroatoms. The molecule has 0 saturated carbocycles. The van der Waals surface area contributed by atoms with Gasteiger partial charge in [-0.3, -0.25) is 0 Å². The third-order valence-electron chi connectivity index (χ3n) is 2.71. The highest BCUT2D eigenvalue weighted by molar-refractivity contribution is 7.80. The van der Waals surface area contributed by atoms with Crippen LogP contribution in [0.1, 0.15) is 11.1 Å². The summed E-state index contributed by atoms with van der Waals surface area (Å²) in [6, 6.07) is 9.80. The predicted molar refractivity (Wildman–Crippen MR) is 81.8 cm³/mol. The first kappa shape index (κ1) is 13.8. The average molecular weight is 295 g/mol. The van der Waals surface area contributed by atoms with Crippen LogP contribution in [-0.4, -0.2) is 4.99 Å². The first-order chi connectivity index (χ1) is 8.97. The SMILES string of the molecule is Cc1cc(F)ccc1Nc1ccc(C(N)=S)cc1Cl. The normalized spacial score (nSPS) is 10.3. The fourth-order valence-electron chi connectivity index (χ4n) is 1.68. The molecule has 0 aromatic heterocycles. The summed E-state index contributed by atoms with van der Waals surface area (Å²) >= 11 is 11.0. The summed E-state index contributed by atoms with van der Waals surface area (Å²) in [7, 11) is 0. The Balaban J connectivity index is 2.31. The van der Waals surface area contributed by atoms with Crippen molar-refractivity contribution in [3.05, 3.63) is 58.4 Å². The Morgan fingerprint density at radius 1 is 1.21 bits per heavy atom. The highest BCUT2D eigenvalue weighted by atomic mass is 35.5. The van der Waals surface area contributed by atoms with Gasteiger partial charge in [0.05, 0.1) is 10.7 Å². The zero-order valence-corrected chi connectivity index (χ0v) is 11.8. The molecule has 0 atom stereocenters. The van der Waals surface area contributed by atoms with Crippen LogP contribution in [0, 0.1) is 12.7 Å². The molecule has 0 heterocycles. The summed E-state index contributed by atoms with van der Waals surface area (Å²) in [6.45, 7) is 1.82. The molecule has 0 amide bonds. The molecule has 3 N–H and O–H groups in total. The van der Waals surface area contributed by atoms with Crippen LogP contribution in [-0.2, 0) is 0 Å². The largest absolute Gasteiger partial charge is 0.389 e. The van der Waals surface area contributed by atoms with E-state index in [1.807, 2.05) is 6.92 Å². The van der Waals surface area contributed by atoms with Gasteiger partial charge in [0.1, 0.15) is 10.8 Å². The summed E-state index contributed by atoms with van der Waals surface area (Å²) in [5.41, 5.74) is 8.56. The summed E-state index contributed by atoms with van der Waals surface area (Å²) in [5.74, 6) is -0.266. The molecule has 98 valence electrons. The fraction of sp³-hybridized carbons (Fsp3) is 0.0714. The fourth-order valence-corrected chi connectivity index (χ4v) is 2.04. The zero-order chi connectivity index (χ0) is 14.0. The minimum Gasteiger partial charge on any atom is -0.389 e. The lowest BCUT2D eigenvalue weighted by Crippen LogP contribution is -2.09. The van der Waals surface area contributed by atoms with Crippen molar-refractivity contribution >= 4 is 40.2 Å². The number of hydrogen-bond acceptors (Lipinski definition) is 2. The van der Waals surface area contributed by atoms with E-state index in [9.17, 15) is 4.39 Å². The number of halogens is 2. The van der Waals surface area contributed by atoms with Gasteiger partial charge in [-0.2, -0.15) is 0 Å². The van der Waals surface area contributed by atoms with E-state index >= 15 is 0 Å². The van der Waals surface area contributed by atoms with Gasteiger partial charge in [-0.05, 0) is 48.9 Å². The van der Waals surface area contributed by atoms with Gasteiger partial charge in [0, 0.05) is 11.3 Å². The Hall–Kier alpha value is -1.65. The number of hydrogen-bond donors (Lipinski definition) is 2. The zero-order valence-electron chi connectivity index (χ0n) is 10.2. The van der Waals surface area contributed by atoms with Gasteiger partial charge >= 0.3 is 0 Å². The lowest BCUT2D eigenvalue weighted by molar-refractivity contribution is 0.627. The molecule has 0 bridgehead atoms. The molecule has 19 heavy (non-hydrogen) atoms. The molecule has 0 aliphatic carbocycles. The number of nitrogens with one attached hydrogen (secondary N) is 1. The predicted octanol–water partition coefficient (Wildman–Crippen LogP) is 4.17. The molecular formula is C14H12ClFN2S. The second kappa shape index (κ2) is 5.55. The van der Waals surface area contributed by atoms with E-state index in [0.29, 0.717) is 15.6 Å². The Morgan fingerprint density at radius 3 is 2.47 bits per heavy atom. The monoisotopic (exact) mass is 294 g/mol. The van der Waals surface area contributed by atoms with Crippen LogP contribution in [0.25, 0.3) is 0 Å². The Morgan fingerprint density at radius 2 is 1.89 bits per heavy atom. The minimum atomic E-state index is -0.266. The van der Waals surface area contributed by atoms with Gasteiger partial charge in [-0.1, -0.05) is 23.8 Å². The highest BCUT2D eigenvalue weighted by Crippen LogP contribution is 2.28. The van der Waals surface area contributed by atoms with E-state index in [1.165, 1.54) is 12.1 Å². The summed E-state index contributed by atoms with van der Waals surface area (Å²) in [4.78, 5) is 0.298. The maximum Gasteiger partial charge on any atom is 0.123 e. The molecule has 2 rings (SSSR count). The van der Waals surface area contributed by atoms with Gasteiger partial charge in [0.25, 0.3) is 0 Å². The van der Waals surface area contributed by atoms with E-state index in [-0.39, 0.29) is 5.82 Å². The number of rotatable bonds is 3. The molecule has 0 unspecified atom stereocenters. The number of thiocarbonyl (C=S) groups is 1. The molecule has 2 aromatic rings. The van der Waals surface area contributed by atoms with Crippen molar-refractivity contribution in [3.63, 3.8) is 0 Å². The van der Waals surface area contributed by atoms with Gasteiger partial charge in [-0.25, -0.2) is 4.39 Å². The van der Waals surface area contributed by atoms with Crippen molar-refractivity contribution in [1.82, 2.24) is 0 Å². The first-order valence-corrected chi connectivity index (χ1v) is 6.38. The average Bonchev–Trinajstić information content (AvgIpc) is 2.34. The molecule has 0 saturated heterocycles. The summed E-state index contributed by atoms with van der Waals surface area (Å²) < 4.78 is 13.0. The first-order valence-electron chi connectivity index (χ1n) is 5.60. The Kier molecular flexibility index (Phi) is 4.02. The summed E-state index contributed by atoms with van der Waals surface area (Å²) in [5, 5.41) is 3.66. The molecule has 2 nitrogen and oxygen atoms in total. The van der Waals surface area contributed by atoms with Crippen molar-refractivity contribution in [2.45, 2.75) is 6.92 Å². The quantitative estimate of drug-likeness (QED) is 0.835. The van der Waals surface area contributed by atoms with E-state index in [1.54, 1.807) is 24.3 Å². The number of nitrogens with two attached hydrogens (primary N) is 1. The van der Waals surface area contributed by atoms with Crippen molar-refractivity contribution in [2.24, 2.45) is 5.73 Å². The molecular weight excluding hydrogens is 283 g/mol. The van der Waals surface area contributed by atoms with Gasteiger partial charge in [0.15, 0.2) is 0 Å². The highest BCUT2D eigenvalue weighted by Gasteiger charge is 2.06. The Labute approximate surface area is 121 Å². The molecule has 2 aromatic carbocycles. The maximum atomic E-state index is 13.0. The van der Waals surface area contributed by atoms with Crippen molar-refractivity contribution in [3.8, 4) is 0 Å². The number of benzene rings is 2. The smallest absolute Gasteiger partial charge is 0.123 e. The summed E-state index contributed by atoms with van der Waals surface area (Å²) in [6.07, 6.45) is 0. The molecule has 0 radical (unpaired) electrons. The topological polar surface area (TPSA) is 38.0 Å². The van der Waals surface area contributed by atoms with Crippen LogP contribution in [0.2, 0.25) is 5.02 Å². The van der Waals surface area contributed by atoms with E-state index in [2.05, 4.69) is 5.32 Å². The number of anilines is 2. The van der Waals surface area contributed by atoms with Crippen molar-refractivity contribution in [1.29, 1.82) is 0 Å². The third kappa shape index (κ3) is 3.22. The lowest BCUT2D eigenvalue weighted by Gasteiger charge is -2.12. The van der Waals surface area contributed by atoms with Crippen LogP contribution in [0.5, 0.6) is 0 Å². The molecule has 0 aliphatic heterocycles. The van der Waals surface area contributed by atoms with Crippen LogP contribution in [0.4, 0.5) is 15.8 Å². The van der Waals surface area contributed by atoms with Gasteiger partial charge < -0.3 is 11.1 Å². The van der Waals surface area contributed by atoms with Gasteiger partial charge in [0.2, 0.25) is 0 Å². The third-order valence-corrected chi connectivity index (χ3v) is 3.26. The van der Waals surface area contributed by atoms with Gasteiger partial charge in [-0.15, -0.1) is 0 Å². The van der Waals surface area contributed by atoms with E-state index in [0.717, 1.165) is 16.9 Å². The molecule has 0 spiro atoms. The van der Waals surface area contributed by atoms with Crippen molar-refractivity contribution < 1.29 is 4.39 Å². The standard InChI is InChI=1S/C14H12ClFN2S/c1-8-6-10(16)3-5-12(8)18-13-4-2-9(14(17)19)7-11(13)15/h2-7,18H,1H3,(H2,17,19). The minimum absolute atomic E-state index is 0.266. The molecule has 0 aliphatic rings.